The summed E-state index contributed by atoms with van der Waals surface area (Å²) in [5.41, 5.74) is 2.14. The minimum Gasteiger partial charge on any atom is -0.494 e. The minimum atomic E-state index is -1.51. The van der Waals surface area contributed by atoms with Crippen LogP contribution in [0.25, 0.3) is 0 Å². The van der Waals surface area contributed by atoms with Crippen molar-refractivity contribution in [2.45, 2.75) is 50.3 Å². The quantitative estimate of drug-likeness (QED) is 0.496. The third kappa shape index (κ3) is 4.91. The Labute approximate surface area is 197 Å². The van der Waals surface area contributed by atoms with Crippen LogP contribution in [0.15, 0.2) is 30.3 Å². The minimum absolute atomic E-state index is 0.331. The van der Waals surface area contributed by atoms with E-state index in [1.54, 1.807) is 6.07 Å². The first kappa shape index (κ1) is 24.1. The molecule has 8 nitrogen and oxygen atoms in total. The predicted molar refractivity (Wildman–Crippen MR) is 120 cm³/mol. The second-order valence-electron chi connectivity index (χ2n) is 8.15. The number of fused-ring (bicyclic) bond motifs is 1. The summed E-state index contributed by atoms with van der Waals surface area (Å²) in [4.78, 5) is 0. The van der Waals surface area contributed by atoms with Crippen LogP contribution in [0.4, 0.5) is 0 Å². The fourth-order valence-corrected chi connectivity index (χ4v) is 4.43. The van der Waals surface area contributed by atoms with Crippen LogP contribution in [-0.4, -0.2) is 71.3 Å². The first-order valence-electron chi connectivity index (χ1n) is 11.1. The number of hydrogen-bond acceptors (Lipinski definition) is 8. The molecular weight excluding hydrogens is 452 g/mol. The van der Waals surface area contributed by atoms with Crippen LogP contribution >= 0.6 is 11.6 Å². The van der Waals surface area contributed by atoms with E-state index >= 15 is 0 Å². The Bertz CT molecular complexity index is 948. The summed E-state index contributed by atoms with van der Waals surface area (Å²) in [6.45, 7) is 2.77. The van der Waals surface area contributed by atoms with Crippen LogP contribution in [0.2, 0.25) is 5.02 Å². The van der Waals surface area contributed by atoms with Crippen molar-refractivity contribution < 1.29 is 39.4 Å². The fraction of sp³-hybridized carbons (Fsp3) is 0.500. The lowest BCUT2D eigenvalue weighted by atomic mass is 9.89. The van der Waals surface area contributed by atoms with Crippen molar-refractivity contribution >= 4 is 11.6 Å². The van der Waals surface area contributed by atoms with Gasteiger partial charge < -0.3 is 39.4 Å². The van der Waals surface area contributed by atoms with Gasteiger partial charge in [0.2, 0.25) is 0 Å². The molecule has 0 amide bonds. The lowest BCUT2D eigenvalue weighted by Crippen LogP contribution is -2.55. The topological polar surface area (TPSA) is 118 Å². The van der Waals surface area contributed by atoms with Crippen molar-refractivity contribution in [3.05, 3.63) is 52.0 Å². The van der Waals surface area contributed by atoms with Crippen molar-refractivity contribution in [3.8, 4) is 17.2 Å². The Morgan fingerprint density at radius 3 is 2.36 bits per heavy atom. The molecule has 0 saturated carbocycles. The number of rotatable bonds is 6. The third-order valence-electron chi connectivity index (χ3n) is 5.89. The Morgan fingerprint density at radius 1 is 1.00 bits per heavy atom. The molecule has 2 aromatic carbocycles. The van der Waals surface area contributed by atoms with Crippen LogP contribution in [0, 0.1) is 0 Å². The molecule has 0 unspecified atom stereocenters. The van der Waals surface area contributed by atoms with E-state index in [4.69, 9.17) is 30.5 Å². The highest BCUT2D eigenvalue weighted by molar-refractivity contribution is 6.33. The molecule has 0 spiro atoms. The Kier molecular flexibility index (Phi) is 7.63. The van der Waals surface area contributed by atoms with Gasteiger partial charge in [-0.05, 0) is 42.7 Å². The van der Waals surface area contributed by atoms with Crippen molar-refractivity contribution in [2.75, 3.05) is 26.4 Å². The molecule has 4 N–H and O–H groups in total. The molecule has 33 heavy (non-hydrogen) atoms. The smallest absolute Gasteiger partial charge is 0.180 e. The lowest BCUT2D eigenvalue weighted by Gasteiger charge is -2.40. The zero-order chi connectivity index (χ0) is 23.5. The normalized spacial score (nSPS) is 27.2. The van der Waals surface area contributed by atoms with E-state index < -0.39 is 37.1 Å². The molecule has 5 atom stereocenters. The van der Waals surface area contributed by atoms with E-state index in [0.717, 1.165) is 16.9 Å². The summed E-state index contributed by atoms with van der Waals surface area (Å²) in [6, 6.07) is 9.41. The van der Waals surface area contributed by atoms with Gasteiger partial charge in [0, 0.05) is 12.0 Å². The highest BCUT2D eigenvalue weighted by atomic mass is 35.5. The maximum absolute atomic E-state index is 10.7. The van der Waals surface area contributed by atoms with Gasteiger partial charge in [0.1, 0.15) is 36.3 Å². The zero-order valence-corrected chi connectivity index (χ0v) is 19.1. The zero-order valence-electron chi connectivity index (χ0n) is 18.3. The molecule has 1 fully saturated rings. The highest BCUT2D eigenvalue weighted by Crippen LogP contribution is 2.47. The number of hydrogen-bond donors (Lipinski definition) is 4. The van der Waals surface area contributed by atoms with E-state index in [2.05, 4.69) is 0 Å². The van der Waals surface area contributed by atoms with Crippen LogP contribution in [0.3, 0.4) is 0 Å². The molecule has 180 valence electrons. The van der Waals surface area contributed by atoms with Gasteiger partial charge in [-0.15, -0.1) is 0 Å². The Hall–Kier alpha value is -2.07. The molecule has 1 saturated heterocycles. The molecule has 2 aromatic rings. The van der Waals surface area contributed by atoms with Gasteiger partial charge in [-0.2, -0.15) is 0 Å². The number of aliphatic hydroxyl groups excluding tert-OH is 4. The van der Waals surface area contributed by atoms with Crippen molar-refractivity contribution in [3.63, 3.8) is 0 Å². The molecule has 2 heterocycles. The maximum Gasteiger partial charge on any atom is 0.180 e. The molecular formula is C24H29ClO8. The lowest BCUT2D eigenvalue weighted by molar-refractivity contribution is -0.232. The van der Waals surface area contributed by atoms with Crippen molar-refractivity contribution in [1.29, 1.82) is 0 Å². The average molecular weight is 481 g/mol. The number of halogens is 1. The van der Waals surface area contributed by atoms with E-state index in [0.29, 0.717) is 54.7 Å². The summed E-state index contributed by atoms with van der Waals surface area (Å²) in [7, 11) is 0. The Morgan fingerprint density at radius 2 is 1.70 bits per heavy atom. The summed E-state index contributed by atoms with van der Waals surface area (Å²) in [6.07, 6.45) is -5.40. The Balaban J connectivity index is 1.74. The fourth-order valence-electron chi connectivity index (χ4n) is 4.17. The molecule has 9 heteroatoms. The van der Waals surface area contributed by atoms with Crippen LogP contribution in [0.1, 0.15) is 36.1 Å². The number of benzene rings is 2. The van der Waals surface area contributed by atoms with Crippen molar-refractivity contribution in [2.24, 2.45) is 0 Å². The summed E-state index contributed by atoms with van der Waals surface area (Å²) < 4.78 is 23.1. The van der Waals surface area contributed by atoms with Crippen molar-refractivity contribution in [1.82, 2.24) is 0 Å². The standard InChI is InChI=1S/C24H29ClO8/c1-2-30-15-6-4-13(5-7-15)10-14-11-16(23-24(18(14)25)32-9-3-8-31-23)22-21(29)20(28)19(27)17(12-26)33-22/h4-7,11,17,19-22,26-29H,2-3,8-10,12H2,1H3/t17-,19-,20+,21-,22+/m1/s1. The molecule has 2 aliphatic heterocycles. The van der Waals surface area contributed by atoms with Gasteiger partial charge in [0.05, 0.1) is 31.5 Å². The molecule has 4 rings (SSSR count). The van der Waals surface area contributed by atoms with Gasteiger partial charge in [-0.1, -0.05) is 23.7 Å². The molecule has 0 bridgehead atoms. The van der Waals surface area contributed by atoms with Crippen LogP contribution in [-0.2, 0) is 11.2 Å². The number of aliphatic hydroxyl groups is 4. The summed E-state index contributed by atoms with van der Waals surface area (Å²) >= 11 is 6.72. The summed E-state index contributed by atoms with van der Waals surface area (Å²) in [5, 5.41) is 41.2. The highest BCUT2D eigenvalue weighted by Gasteiger charge is 2.45. The predicted octanol–water partition coefficient (Wildman–Crippen LogP) is 2.01. The van der Waals surface area contributed by atoms with E-state index in [1.807, 2.05) is 31.2 Å². The van der Waals surface area contributed by atoms with Crippen LogP contribution in [0.5, 0.6) is 17.2 Å². The van der Waals surface area contributed by atoms with Gasteiger partial charge in [-0.25, -0.2) is 0 Å². The van der Waals surface area contributed by atoms with E-state index in [-0.39, 0.29) is 0 Å². The van der Waals surface area contributed by atoms with Gasteiger partial charge >= 0.3 is 0 Å². The molecule has 0 aromatic heterocycles. The first-order valence-corrected chi connectivity index (χ1v) is 11.5. The maximum atomic E-state index is 10.7. The largest absolute Gasteiger partial charge is 0.494 e. The average Bonchev–Trinajstić information content (AvgIpc) is 3.08. The third-order valence-corrected chi connectivity index (χ3v) is 6.30. The van der Waals surface area contributed by atoms with Gasteiger partial charge in [-0.3, -0.25) is 0 Å². The molecule has 2 aliphatic rings. The van der Waals surface area contributed by atoms with E-state index in [9.17, 15) is 20.4 Å². The first-order chi connectivity index (χ1) is 15.9. The summed E-state index contributed by atoms with van der Waals surface area (Å²) in [5.74, 6) is 1.45. The second kappa shape index (κ2) is 10.5. The monoisotopic (exact) mass is 480 g/mol. The van der Waals surface area contributed by atoms with Gasteiger partial charge in [0.15, 0.2) is 11.5 Å². The number of ether oxygens (including phenoxy) is 4. The SMILES string of the molecule is CCOc1ccc(Cc2cc([C@@H]3O[C@H](CO)[C@@H](O)[C@H](O)[C@H]3O)c3c(c2Cl)OCCCO3)cc1. The second-order valence-corrected chi connectivity index (χ2v) is 8.53. The molecule has 0 aliphatic carbocycles. The van der Waals surface area contributed by atoms with Gasteiger partial charge in [0.25, 0.3) is 0 Å². The molecule has 0 radical (unpaired) electrons. The van der Waals surface area contributed by atoms with E-state index in [1.165, 1.54) is 0 Å². The van der Waals surface area contributed by atoms with Crippen LogP contribution < -0.4 is 14.2 Å².